The van der Waals surface area contributed by atoms with Gasteiger partial charge in [0.1, 0.15) is 5.78 Å². The van der Waals surface area contributed by atoms with Crippen molar-refractivity contribution in [1.29, 1.82) is 0 Å². The van der Waals surface area contributed by atoms with Crippen LogP contribution in [0.5, 0.6) is 0 Å². The van der Waals surface area contributed by atoms with E-state index in [4.69, 9.17) is 9.84 Å². The van der Waals surface area contributed by atoms with Crippen molar-refractivity contribution in [1.82, 2.24) is 5.32 Å². The minimum atomic E-state index is -0.453. The lowest BCUT2D eigenvalue weighted by Gasteiger charge is -2.15. The van der Waals surface area contributed by atoms with E-state index in [1.165, 1.54) is 6.92 Å². The third-order valence-electron chi connectivity index (χ3n) is 4.63. The summed E-state index contributed by atoms with van der Waals surface area (Å²) in [6, 6.07) is 9.58. The Hall–Kier alpha value is -2.05. The molecule has 29 heavy (non-hydrogen) atoms. The van der Waals surface area contributed by atoms with Gasteiger partial charge in [-0.3, -0.25) is 9.59 Å². The number of aliphatic hydroxyl groups excluding tert-OH is 1. The Morgan fingerprint density at radius 3 is 2.34 bits per heavy atom. The van der Waals surface area contributed by atoms with Crippen LogP contribution >= 0.6 is 0 Å². The summed E-state index contributed by atoms with van der Waals surface area (Å²) in [5.41, 5.74) is 0.999. The van der Waals surface area contributed by atoms with Crippen LogP contribution < -0.4 is 5.32 Å². The van der Waals surface area contributed by atoms with Crippen LogP contribution in [0.2, 0.25) is 0 Å². The topological polar surface area (TPSA) is 92.7 Å². The first-order valence-corrected chi connectivity index (χ1v) is 10.5. The number of hydrogen-bond acceptors (Lipinski definition) is 5. The van der Waals surface area contributed by atoms with E-state index >= 15 is 0 Å². The van der Waals surface area contributed by atoms with Crippen molar-refractivity contribution in [2.75, 3.05) is 26.4 Å². The van der Waals surface area contributed by atoms with E-state index in [-0.39, 0.29) is 37.0 Å². The van der Waals surface area contributed by atoms with Gasteiger partial charge in [-0.25, -0.2) is 0 Å². The molecule has 0 radical (unpaired) electrons. The molecule has 6 heteroatoms. The molecule has 1 unspecified atom stereocenters. The van der Waals surface area contributed by atoms with Gasteiger partial charge in [-0.05, 0) is 44.6 Å². The monoisotopic (exact) mass is 405 g/mol. The molecule has 1 rings (SSSR count). The fraction of sp³-hybridized carbons (Fsp3) is 0.609. The van der Waals surface area contributed by atoms with E-state index in [1.54, 1.807) is 0 Å². The molecular weight excluding hydrogens is 370 g/mol. The Morgan fingerprint density at radius 1 is 1.00 bits per heavy atom. The quantitative estimate of drug-likeness (QED) is 0.389. The molecule has 0 spiro atoms. The summed E-state index contributed by atoms with van der Waals surface area (Å²) in [4.78, 5) is 36.0. The maximum absolute atomic E-state index is 12.5. The van der Waals surface area contributed by atoms with Crippen LogP contribution in [0.15, 0.2) is 30.3 Å². The van der Waals surface area contributed by atoms with Crippen molar-refractivity contribution in [3.8, 4) is 0 Å². The number of benzene rings is 1. The highest BCUT2D eigenvalue weighted by atomic mass is 16.5. The number of Topliss-reactive ketones (excluding diaryl/α,β-unsaturated/α-hetero) is 2. The zero-order valence-corrected chi connectivity index (χ0v) is 17.5. The lowest BCUT2D eigenvalue weighted by Crippen LogP contribution is -2.36. The molecule has 162 valence electrons. The highest BCUT2D eigenvalue weighted by molar-refractivity contribution is 5.89. The molecule has 0 aliphatic carbocycles. The van der Waals surface area contributed by atoms with Gasteiger partial charge in [0.25, 0.3) is 0 Å². The van der Waals surface area contributed by atoms with Crippen LogP contribution in [0, 0.1) is 5.92 Å². The number of ether oxygens (including phenoxy) is 1. The van der Waals surface area contributed by atoms with Gasteiger partial charge < -0.3 is 20.0 Å². The minimum Gasteiger partial charge on any atom is -0.396 e. The van der Waals surface area contributed by atoms with Gasteiger partial charge in [-0.2, -0.15) is 0 Å². The van der Waals surface area contributed by atoms with Gasteiger partial charge in [0, 0.05) is 38.6 Å². The molecule has 0 heterocycles. The van der Waals surface area contributed by atoms with Gasteiger partial charge >= 0.3 is 0 Å². The highest BCUT2D eigenvalue weighted by Gasteiger charge is 2.21. The standard InChI is InChI=1S/C23H35NO5/c1-19(26)16-21(17-20-10-4-2-5-11-20)23(28)24-18-22(27)12-6-3-8-14-29-15-9-7-13-25/h2,4-5,10-11,21,25H,3,6-9,12-18H2,1H3,(H,24,28). The summed E-state index contributed by atoms with van der Waals surface area (Å²) in [5, 5.41) is 11.4. The van der Waals surface area contributed by atoms with Crippen LogP contribution in [-0.2, 0) is 25.5 Å². The second-order valence-corrected chi connectivity index (χ2v) is 7.40. The van der Waals surface area contributed by atoms with Gasteiger partial charge in [0.05, 0.1) is 6.54 Å². The van der Waals surface area contributed by atoms with Crippen LogP contribution in [-0.4, -0.2) is 48.9 Å². The number of unbranched alkanes of at least 4 members (excludes halogenated alkanes) is 3. The molecule has 0 aliphatic rings. The largest absolute Gasteiger partial charge is 0.396 e. The Kier molecular flexibility index (Phi) is 13.6. The van der Waals surface area contributed by atoms with Gasteiger partial charge in [-0.15, -0.1) is 0 Å². The van der Waals surface area contributed by atoms with Gasteiger partial charge in [0.15, 0.2) is 5.78 Å². The van der Waals surface area contributed by atoms with Crippen molar-refractivity contribution < 1.29 is 24.2 Å². The Bertz CT molecular complexity index is 603. The van der Waals surface area contributed by atoms with Crippen molar-refractivity contribution in [3.05, 3.63) is 35.9 Å². The second-order valence-electron chi connectivity index (χ2n) is 7.40. The van der Waals surface area contributed by atoms with E-state index in [0.29, 0.717) is 26.1 Å². The second kappa shape index (κ2) is 15.8. The predicted octanol–water partition coefficient (Wildman–Crippen LogP) is 2.86. The van der Waals surface area contributed by atoms with Crippen molar-refractivity contribution in [2.24, 2.45) is 5.92 Å². The first-order valence-electron chi connectivity index (χ1n) is 10.5. The normalized spacial score (nSPS) is 11.8. The third-order valence-corrected chi connectivity index (χ3v) is 4.63. The summed E-state index contributed by atoms with van der Waals surface area (Å²) in [7, 11) is 0. The zero-order valence-electron chi connectivity index (χ0n) is 17.5. The molecule has 2 N–H and O–H groups in total. The molecular formula is C23H35NO5. The van der Waals surface area contributed by atoms with Crippen LogP contribution in [0.25, 0.3) is 0 Å². The lowest BCUT2D eigenvalue weighted by molar-refractivity contribution is -0.130. The van der Waals surface area contributed by atoms with E-state index in [1.807, 2.05) is 30.3 Å². The van der Waals surface area contributed by atoms with Gasteiger partial charge in [0.2, 0.25) is 5.91 Å². The molecule has 0 bridgehead atoms. The molecule has 0 aromatic heterocycles. The number of carbonyl (C=O) groups is 3. The zero-order chi connectivity index (χ0) is 21.3. The van der Waals surface area contributed by atoms with E-state index in [0.717, 1.165) is 37.7 Å². The number of aliphatic hydroxyl groups is 1. The van der Waals surface area contributed by atoms with E-state index in [2.05, 4.69) is 5.32 Å². The maximum atomic E-state index is 12.5. The van der Waals surface area contributed by atoms with E-state index in [9.17, 15) is 14.4 Å². The Labute approximate surface area is 174 Å². The number of amides is 1. The number of ketones is 2. The summed E-state index contributed by atoms with van der Waals surface area (Å²) in [6.07, 6.45) is 5.29. The van der Waals surface area contributed by atoms with Crippen molar-refractivity contribution >= 4 is 17.5 Å². The fourth-order valence-corrected chi connectivity index (χ4v) is 3.04. The Balaban J connectivity index is 2.22. The van der Waals surface area contributed by atoms with Crippen molar-refractivity contribution in [2.45, 2.75) is 58.3 Å². The first-order chi connectivity index (χ1) is 14.0. The first kappa shape index (κ1) is 25.0. The van der Waals surface area contributed by atoms with Gasteiger partial charge in [-0.1, -0.05) is 36.8 Å². The highest BCUT2D eigenvalue weighted by Crippen LogP contribution is 2.13. The smallest absolute Gasteiger partial charge is 0.224 e. The van der Waals surface area contributed by atoms with E-state index < -0.39 is 5.92 Å². The third kappa shape index (κ3) is 12.9. The van der Waals surface area contributed by atoms with Crippen LogP contribution in [0.1, 0.15) is 57.4 Å². The molecule has 0 saturated heterocycles. The summed E-state index contributed by atoms with van der Waals surface area (Å²) < 4.78 is 5.45. The minimum absolute atomic E-state index is 0.00324. The molecule has 1 amide bonds. The number of hydrogen-bond donors (Lipinski definition) is 2. The summed E-state index contributed by atoms with van der Waals surface area (Å²) in [5.74, 6) is -0.728. The van der Waals surface area contributed by atoms with Crippen LogP contribution in [0.3, 0.4) is 0 Å². The molecule has 1 atom stereocenters. The average Bonchev–Trinajstić information content (AvgIpc) is 2.70. The lowest BCUT2D eigenvalue weighted by atomic mass is 9.93. The average molecular weight is 406 g/mol. The predicted molar refractivity (Wildman–Crippen MR) is 113 cm³/mol. The Morgan fingerprint density at radius 2 is 1.69 bits per heavy atom. The SMILES string of the molecule is CC(=O)CC(Cc1ccccc1)C(=O)NCC(=O)CCCCCOCCCCO. The van der Waals surface area contributed by atoms with Crippen molar-refractivity contribution in [3.63, 3.8) is 0 Å². The fourth-order valence-electron chi connectivity index (χ4n) is 3.04. The molecule has 6 nitrogen and oxygen atoms in total. The number of nitrogens with one attached hydrogen (secondary N) is 1. The molecule has 0 aliphatic heterocycles. The summed E-state index contributed by atoms with van der Waals surface area (Å²) in [6.45, 7) is 3.02. The summed E-state index contributed by atoms with van der Waals surface area (Å²) >= 11 is 0. The van der Waals surface area contributed by atoms with Crippen LogP contribution in [0.4, 0.5) is 0 Å². The molecule has 1 aromatic carbocycles. The molecule has 0 fully saturated rings. The molecule has 0 saturated carbocycles. The number of rotatable bonds is 17. The maximum Gasteiger partial charge on any atom is 0.224 e. The number of carbonyl (C=O) groups excluding carboxylic acids is 3. The molecule has 1 aromatic rings.